The molecule has 0 atom stereocenters. The molecule has 0 aromatic heterocycles. The van der Waals surface area contributed by atoms with E-state index in [0.29, 0.717) is 17.1 Å². The minimum absolute atomic E-state index is 0.0176. The van der Waals surface area contributed by atoms with Crippen molar-refractivity contribution in [3.63, 3.8) is 0 Å². The van der Waals surface area contributed by atoms with Crippen LogP contribution in [0, 0.1) is 0 Å². The van der Waals surface area contributed by atoms with Crippen molar-refractivity contribution in [1.29, 1.82) is 0 Å². The molecule has 1 saturated heterocycles. The summed E-state index contributed by atoms with van der Waals surface area (Å²) in [7, 11) is 3.17. The highest BCUT2D eigenvalue weighted by Crippen LogP contribution is 2.23. The van der Waals surface area contributed by atoms with Crippen LogP contribution in [0.15, 0.2) is 42.5 Å². The average Bonchev–Trinajstić information content (AvgIpc) is 2.67. The number of rotatable bonds is 5. The number of piperazine rings is 1. The van der Waals surface area contributed by atoms with E-state index >= 15 is 0 Å². The molecule has 0 radical (unpaired) electrons. The minimum atomic E-state index is 0.0176. The maximum Gasteiger partial charge on any atom is 0.254 e. The molecule has 1 aliphatic rings. The topological polar surface area (TPSA) is 43.2 Å². The van der Waals surface area contributed by atoms with Gasteiger partial charge in [-0.1, -0.05) is 23.7 Å². The molecule has 6 heteroatoms. The van der Waals surface area contributed by atoms with Crippen LogP contribution in [-0.4, -0.2) is 51.2 Å². The predicted octanol–water partition coefficient (Wildman–Crippen LogP) is 1.90. The minimum Gasteiger partial charge on any atom is -0.497 e. The van der Waals surface area contributed by atoms with Gasteiger partial charge in [-0.05, 0) is 24.3 Å². The van der Waals surface area contributed by atoms with Crippen molar-refractivity contribution in [3.05, 3.63) is 58.6 Å². The van der Waals surface area contributed by atoms with Gasteiger partial charge in [-0.25, -0.2) is 0 Å². The lowest BCUT2D eigenvalue weighted by Crippen LogP contribution is -3.13. The number of quaternary nitrogens is 1. The summed E-state index contributed by atoms with van der Waals surface area (Å²) < 4.78 is 10.5. The zero-order valence-electron chi connectivity index (χ0n) is 15.1. The number of methoxy groups -OCH3 is 2. The molecule has 1 amide bonds. The van der Waals surface area contributed by atoms with E-state index in [1.807, 2.05) is 23.1 Å². The molecular formula is C20H24ClN2O3+. The molecule has 0 bridgehead atoms. The Morgan fingerprint density at radius 3 is 2.31 bits per heavy atom. The number of nitrogens with zero attached hydrogens (tertiary/aromatic N) is 1. The quantitative estimate of drug-likeness (QED) is 0.868. The Hall–Kier alpha value is -2.24. The molecule has 0 spiro atoms. The molecule has 1 fully saturated rings. The summed E-state index contributed by atoms with van der Waals surface area (Å²) in [5.74, 6) is 1.26. The number of ether oxygens (including phenoxy) is 2. The molecular weight excluding hydrogens is 352 g/mol. The summed E-state index contributed by atoms with van der Waals surface area (Å²) in [5.41, 5.74) is 1.82. The van der Waals surface area contributed by atoms with E-state index in [0.717, 1.165) is 37.7 Å². The highest BCUT2D eigenvalue weighted by Gasteiger charge is 2.25. The zero-order valence-corrected chi connectivity index (χ0v) is 15.9. The first kappa shape index (κ1) is 18.5. The van der Waals surface area contributed by atoms with E-state index in [2.05, 4.69) is 6.07 Å². The molecule has 2 aromatic carbocycles. The largest absolute Gasteiger partial charge is 0.497 e. The van der Waals surface area contributed by atoms with Gasteiger partial charge in [0.15, 0.2) is 0 Å². The normalized spacial score (nSPS) is 15.0. The van der Waals surface area contributed by atoms with Gasteiger partial charge in [-0.15, -0.1) is 0 Å². The first-order valence-corrected chi connectivity index (χ1v) is 9.07. The SMILES string of the molecule is COc1cc(OC)cc(C(=O)N2CC[NH+](Cc3cccc(Cl)c3)CC2)c1. The zero-order chi connectivity index (χ0) is 18.5. The molecule has 1 aliphatic heterocycles. The fourth-order valence-corrected chi connectivity index (χ4v) is 3.46. The second-order valence-electron chi connectivity index (χ2n) is 6.45. The highest BCUT2D eigenvalue weighted by atomic mass is 35.5. The second-order valence-corrected chi connectivity index (χ2v) is 6.89. The summed E-state index contributed by atoms with van der Waals surface area (Å²) >= 11 is 6.06. The van der Waals surface area contributed by atoms with Crippen LogP contribution < -0.4 is 14.4 Å². The van der Waals surface area contributed by atoms with Gasteiger partial charge >= 0.3 is 0 Å². The number of halogens is 1. The Kier molecular flexibility index (Phi) is 6.01. The summed E-state index contributed by atoms with van der Waals surface area (Å²) in [4.78, 5) is 16.2. The first-order chi connectivity index (χ1) is 12.6. The van der Waals surface area contributed by atoms with Crippen molar-refractivity contribution in [2.75, 3.05) is 40.4 Å². The van der Waals surface area contributed by atoms with Crippen molar-refractivity contribution in [3.8, 4) is 11.5 Å². The maximum atomic E-state index is 12.8. The van der Waals surface area contributed by atoms with E-state index in [1.54, 1.807) is 32.4 Å². The fraction of sp³-hybridized carbons (Fsp3) is 0.350. The molecule has 0 saturated carbocycles. The van der Waals surface area contributed by atoms with E-state index < -0.39 is 0 Å². The summed E-state index contributed by atoms with van der Waals surface area (Å²) in [5, 5.41) is 0.766. The van der Waals surface area contributed by atoms with Crippen LogP contribution in [0.25, 0.3) is 0 Å². The standard InChI is InChI=1S/C20H23ClN2O3/c1-25-18-11-16(12-19(13-18)26-2)20(24)23-8-6-22(7-9-23)14-15-4-3-5-17(21)10-15/h3-5,10-13H,6-9,14H2,1-2H3/p+1. The molecule has 26 heavy (non-hydrogen) atoms. The fourth-order valence-electron chi connectivity index (χ4n) is 3.25. The van der Waals surface area contributed by atoms with Gasteiger partial charge in [0, 0.05) is 22.2 Å². The highest BCUT2D eigenvalue weighted by molar-refractivity contribution is 6.30. The first-order valence-electron chi connectivity index (χ1n) is 8.69. The Bertz CT molecular complexity index is 751. The molecule has 0 unspecified atom stereocenters. The monoisotopic (exact) mass is 375 g/mol. The third kappa shape index (κ3) is 4.48. The van der Waals surface area contributed by atoms with Gasteiger partial charge in [-0.3, -0.25) is 4.79 Å². The van der Waals surface area contributed by atoms with Crippen LogP contribution in [0.1, 0.15) is 15.9 Å². The van der Waals surface area contributed by atoms with Crippen molar-refractivity contribution >= 4 is 17.5 Å². The van der Waals surface area contributed by atoms with Crippen molar-refractivity contribution in [2.45, 2.75) is 6.54 Å². The van der Waals surface area contributed by atoms with Crippen LogP contribution in [0.5, 0.6) is 11.5 Å². The number of nitrogens with one attached hydrogen (secondary N) is 1. The third-order valence-corrected chi connectivity index (χ3v) is 4.93. The maximum absolute atomic E-state index is 12.8. The Balaban J connectivity index is 1.61. The van der Waals surface area contributed by atoms with Crippen molar-refractivity contribution in [2.24, 2.45) is 0 Å². The summed E-state index contributed by atoms with van der Waals surface area (Å²) in [6, 6.07) is 13.3. The lowest BCUT2D eigenvalue weighted by Gasteiger charge is -2.32. The Morgan fingerprint density at radius 2 is 1.73 bits per heavy atom. The second kappa shape index (κ2) is 8.43. The number of hydrogen-bond acceptors (Lipinski definition) is 3. The van der Waals surface area contributed by atoms with E-state index in [1.165, 1.54) is 10.5 Å². The number of amides is 1. The number of hydrogen-bond donors (Lipinski definition) is 1. The van der Waals surface area contributed by atoms with Gasteiger partial charge in [-0.2, -0.15) is 0 Å². The molecule has 138 valence electrons. The van der Waals surface area contributed by atoms with Gasteiger partial charge in [0.1, 0.15) is 18.0 Å². The number of benzene rings is 2. The van der Waals surface area contributed by atoms with Crippen molar-refractivity contribution < 1.29 is 19.2 Å². The van der Waals surface area contributed by atoms with Gasteiger partial charge < -0.3 is 19.3 Å². The van der Waals surface area contributed by atoms with Crippen molar-refractivity contribution in [1.82, 2.24) is 4.90 Å². The third-order valence-electron chi connectivity index (χ3n) is 4.70. The van der Waals surface area contributed by atoms with Crippen LogP contribution in [0.3, 0.4) is 0 Å². The van der Waals surface area contributed by atoms with E-state index in [4.69, 9.17) is 21.1 Å². The molecule has 3 rings (SSSR count). The summed E-state index contributed by atoms with van der Waals surface area (Å²) in [6.07, 6.45) is 0. The average molecular weight is 376 g/mol. The molecule has 5 nitrogen and oxygen atoms in total. The van der Waals surface area contributed by atoms with E-state index in [-0.39, 0.29) is 5.91 Å². The van der Waals surface area contributed by atoms with Crippen LogP contribution >= 0.6 is 11.6 Å². The number of carbonyl (C=O) groups excluding carboxylic acids is 1. The molecule has 0 aliphatic carbocycles. The Labute approximate surface area is 159 Å². The lowest BCUT2D eigenvalue weighted by molar-refractivity contribution is -0.917. The van der Waals surface area contributed by atoms with Gasteiger partial charge in [0.2, 0.25) is 0 Å². The smallest absolute Gasteiger partial charge is 0.254 e. The lowest BCUT2D eigenvalue weighted by atomic mass is 10.1. The Morgan fingerprint density at radius 1 is 1.08 bits per heavy atom. The van der Waals surface area contributed by atoms with Crippen LogP contribution in [0.2, 0.25) is 5.02 Å². The predicted molar refractivity (Wildman–Crippen MR) is 101 cm³/mol. The molecule has 1 heterocycles. The molecule has 2 aromatic rings. The summed E-state index contributed by atoms with van der Waals surface area (Å²) in [6.45, 7) is 4.22. The number of carbonyl (C=O) groups is 1. The van der Waals surface area contributed by atoms with Gasteiger partial charge in [0.05, 0.1) is 40.4 Å². The van der Waals surface area contributed by atoms with Crippen LogP contribution in [0.4, 0.5) is 0 Å². The van der Waals surface area contributed by atoms with Crippen LogP contribution in [-0.2, 0) is 6.54 Å². The van der Waals surface area contributed by atoms with Gasteiger partial charge in [0.25, 0.3) is 5.91 Å². The van der Waals surface area contributed by atoms with E-state index in [9.17, 15) is 4.79 Å². The molecule has 1 N–H and O–H groups in total.